The van der Waals surface area contributed by atoms with Gasteiger partial charge in [-0.05, 0) is 48.2 Å². The van der Waals surface area contributed by atoms with Gasteiger partial charge in [-0.25, -0.2) is 9.18 Å². The molecule has 0 bridgehead atoms. The van der Waals surface area contributed by atoms with Crippen molar-refractivity contribution < 1.29 is 13.5 Å². The second-order valence-electron chi connectivity index (χ2n) is 6.97. The molecule has 0 amide bonds. The topological polar surface area (TPSA) is 42.7 Å². The molecular weight excluding hydrogens is 345 g/mol. The molecule has 0 radical (unpaired) electrons. The molecule has 0 saturated heterocycles. The Labute approximate surface area is 157 Å². The van der Waals surface area contributed by atoms with Crippen molar-refractivity contribution in [2.75, 3.05) is 13.3 Å². The van der Waals surface area contributed by atoms with Crippen LogP contribution in [0, 0.1) is 5.82 Å². The van der Waals surface area contributed by atoms with E-state index >= 15 is 0 Å². The summed E-state index contributed by atoms with van der Waals surface area (Å²) in [4.78, 5) is 14.2. The first kappa shape index (κ1) is 17.7. The molecule has 0 fully saturated rings. The Bertz CT molecular complexity index is 1030. The molecule has 140 valence electrons. The van der Waals surface area contributed by atoms with Gasteiger partial charge in [0.05, 0.1) is 5.56 Å². The van der Waals surface area contributed by atoms with E-state index in [4.69, 9.17) is 9.15 Å². The predicted octanol–water partition coefficient (Wildman–Crippen LogP) is 4.28. The lowest BCUT2D eigenvalue weighted by Crippen LogP contribution is -2.33. The van der Waals surface area contributed by atoms with Crippen molar-refractivity contribution in [3.8, 4) is 5.75 Å². The molecule has 5 heteroatoms. The summed E-state index contributed by atoms with van der Waals surface area (Å²) in [6.07, 6.45) is 2.53. The average Bonchev–Trinajstić information content (AvgIpc) is 2.66. The monoisotopic (exact) mass is 367 g/mol. The maximum Gasteiger partial charge on any atom is 0.336 e. The van der Waals surface area contributed by atoms with Crippen molar-refractivity contribution in [3.63, 3.8) is 0 Å². The molecule has 1 aliphatic heterocycles. The van der Waals surface area contributed by atoms with Crippen molar-refractivity contribution in [3.05, 3.63) is 75.4 Å². The highest BCUT2D eigenvalue weighted by molar-refractivity contribution is 5.85. The van der Waals surface area contributed by atoms with Gasteiger partial charge in [0.25, 0.3) is 0 Å². The zero-order chi connectivity index (χ0) is 18.8. The molecule has 2 aromatic carbocycles. The van der Waals surface area contributed by atoms with Gasteiger partial charge in [-0.2, -0.15) is 0 Å². The van der Waals surface area contributed by atoms with Gasteiger partial charge in [0, 0.05) is 24.5 Å². The minimum Gasteiger partial charge on any atom is -0.478 e. The van der Waals surface area contributed by atoms with Gasteiger partial charge in [0.1, 0.15) is 23.9 Å². The van der Waals surface area contributed by atoms with E-state index in [2.05, 4.69) is 11.8 Å². The number of fused-ring (bicyclic) bond motifs is 3. The third kappa shape index (κ3) is 3.74. The van der Waals surface area contributed by atoms with Gasteiger partial charge in [-0.15, -0.1) is 0 Å². The lowest BCUT2D eigenvalue weighted by Gasteiger charge is -2.29. The predicted molar refractivity (Wildman–Crippen MR) is 102 cm³/mol. The van der Waals surface area contributed by atoms with Gasteiger partial charge in [0.15, 0.2) is 0 Å². The van der Waals surface area contributed by atoms with E-state index in [0.717, 1.165) is 53.6 Å². The molecule has 27 heavy (non-hydrogen) atoms. The minimum absolute atomic E-state index is 0.219. The van der Waals surface area contributed by atoms with Crippen LogP contribution in [0.1, 0.15) is 30.0 Å². The maximum absolute atomic E-state index is 13.4. The van der Waals surface area contributed by atoms with Gasteiger partial charge in [-0.1, -0.05) is 25.5 Å². The summed E-state index contributed by atoms with van der Waals surface area (Å²) in [5, 5.41) is 0.978. The Morgan fingerprint density at radius 1 is 1.15 bits per heavy atom. The normalized spacial score (nSPS) is 14.1. The SMILES string of the molecule is CCCc1cc(=O)oc2c3c(ccc12)OCN(CCc1cccc(F)c1)C3. The van der Waals surface area contributed by atoms with Gasteiger partial charge >= 0.3 is 5.63 Å². The molecule has 0 saturated carbocycles. The average molecular weight is 367 g/mol. The number of ether oxygens (including phenoxy) is 1. The van der Waals surface area contributed by atoms with Crippen LogP contribution in [0.4, 0.5) is 4.39 Å². The molecule has 0 unspecified atom stereocenters. The third-order valence-electron chi connectivity index (χ3n) is 4.97. The quantitative estimate of drug-likeness (QED) is 0.632. The first-order chi connectivity index (χ1) is 13.1. The van der Waals surface area contributed by atoms with E-state index in [1.165, 1.54) is 6.07 Å². The second-order valence-corrected chi connectivity index (χ2v) is 6.97. The number of hydrogen-bond acceptors (Lipinski definition) is 4. The Hall–Kier alpha value is -2.66. The van der Waals surface area contributed by atoms with Crippen molar-refractivity contribution >= 4 is 11.0 Å². The van der Waals surface area contributed by atoms with Crippen molar-refractivity contribution in [2.24, 2.45) is 0 Å². The summed E-state index contributed by atoms with van der Waals surface area (Å²) in [5.74, 6) is 0.547. The fourth-order valence-corrected chi connectivity index (χ4v) is 3.64. The van der Waals surface area contributed by atoms with E-state index in [1.807, 2.05) is 18.2 Å². The smallest absolute Gasteiger partial charge is 0.336 e. The van der Waals surface area contributed by atoms with Gasteiger partial charge in [0.2, 0.25) is 0 Å². The summed E-state index contributed by atoms with van der Waals surface area (Å²) >= 11 is 0. The lowest BCUT2D eigenvalue weighted by atomic mass is 10.0. The van der Waals surface area contributed by atoms with Gasteiger partial charge in [-0.3, -0.25) is 4.90 Å². The molecule has 0 N–H and O–H groups in total. The lowest BCUT2D eigenvalue weighted by molar-refractivity contribution is 0.0967. The zero-order valence-electron chi connectivity index (χ0n) is 15.3. The summed E-state index contributed by atoms with van der Waals surface area (Å²) in [6, 6.07) is 12.2. The summed E-state index contributed by atoms with van der Waals surface area (Å²) < 4.78 is 24.8. The van der Waals surface area contributed by atoms with Crippen LogP contribution >= 0.6 is 0 Å². The Kier molecular flexibility index (Phi) is 4.94. The number of benzene rings is 2. The van der Waals surface area contributed by atoms with Crippen LogP contribution < -0.4 is 10.4 Å². The van der Waals surface area contributed by atoms with E-state index in [1.54, 1.807) is 18.2 Å². The zero-order valence-corrected chi connectivity index (χ0v) is 15.3. The van der Waals surface area contributed by atoms with Crippen LogP contribution in [0.25, 0.3) is 11.0 Å². The van der Waals surface area contributed by atoms with Crippen LogP contribution in [0.5, 0.6) is 5.75 Å². The van der Waals surface area contributed by atoms with E-state index < -0.39 is 0 Å². The number of aryl methyl sites for hydroxylation is 1. The van der Waals surface area contributed by atoms with E-state index in [-0.39, 0.29) is 11.4 Å². The summed E-state index contributed by atoms with van der Waals surface area (Å²) in [5.41, 5.74) is 3.18. The van der Waals surface area contributed by atoms with Crippen LogP contribution in [0.2, 0.25) is 0 Å². The van der Waals surface area contributed by atoms with Crippen molar-refractivity contribution in [1.29, 1.82) is 0 Å². The Morgan fingerprint density at radius 3 is 2.85 bits per heavy atom. The molecule has 2 heterocycles. The molecular formula is C22H22FNO3. The van der Waals surface area contributed by atoms with Crippen LogP contribution in [0.15, 0.2) is 51.7 Å². The van der Waals surface area contributed by atoms with E-state index in [0.29, 0.717) is 18.9 Å². The van der Waals surface area contributed by atoms with Crippen LogP contribution in [-0.4, -0.2) is 18.2 Å². The first-order valence-electron chi connectivity index (χ1n) is 9.32. The fourth-order valence-electron chi connectivity index (χ4n) is 3.64. The molecule has 4 nitrogen and oxygen atoms in total. The standard InChI is InChI=1S/C22H22FNO3/c1-2-4-16-12-21(25)27-22-18(16)7-8-20-19(22)13-24(14-26-20)10-9-15-5-3-6-17(23)11-15/h3,5-8,11-12H,2,4,9-10,13-14H2,1H3. The summed E-state index contributed by atoms with van der Waals surface area (Å²) in [6.45, 7) is 3.93. The second kappa shape index (κ2) is 7.53. The number of rotatable bonds is 5. The molecule has 0 spiro atoms. The maximum atomic E-state index is 13.4. The minimum atomic E-state index is -0.323. The Balaban J connectivity index is 1.61. The number of halogens is 1. The number of nitrogens with zero attached hydrogens (tertiary/aromatic N) is 1. The van der Waals surface area contributed by atoms with Crippen molar-refractivity contribution in [2.45, 2.75) is 32.7 Å². The largest absolute Gasteiger partial charge is 0.478 e. The third-order valence-corrected chi connectivity index (χ3v) is 4.97. The Morgan fingerprint density at radius 2 is 2.04 bits per heavy atom. The van der Waals surface area contributed by atoms with Crippen molar-refractivity contribution in [1.82, 2.24) is 4.90 Å². The molecule has 1 aromatic heterocycles. The van der Waals surface area contributed by atoms with Crippen LogP contribution in [0.3, 0.4) is 0 Å². The van der Waals surface area contributed by atoms with Gasteiger partial charge < -0.3 is 9.15 Å². The first-order valence-corrected chi connectivity index (χ1v) is 9.32. The fraction of sp³-hybridized carbons (Fsp3) is 0.318. The highest BCUT2D eigenvalue weighted by atomic mass is 19.1. The highest BCUT2D eigenvalue weighted by Crippen LogP contribution is 2.33. The highest BCUT2D eigenvalue weighted by Gasteiger charge is 2.22. The molecule has 0 atom stereocenters. The molecule has 4 rings (SSSR count). The molecule has 3 aromatic rings. The molecule has 0 aliphatic carbocycles. The number of hydrogen-bond donors (Lipinski definition) is 0. The van der Waals surface area contributed by atoms with Crippen LogP contribution in [-0.2, 0) is 19.4 Å². The molecule has 1 aliphatic rings. The van der Waals surface area contributed by atoms with E-state index in [9.17, 15) is 9.18 Å². The summed E-state index contributed by atoms with van der Waals surface area (Å²) in [7, 11) is 0.